The Morgan fingerprint density at radius 1 is 1.36 bits per heavy atom. The van der Waals surface area contributed by atoms with Gasteiger partial charge in [-0.25, -0.2) is 0 Å². The highest BCUT2D eigenvalue weighted by Crippen LogP contribution is 2.33. The van der Waals surface area contributed by atoms with Gasteiger partial charge in [-0.05, 0) is 18.1 Å². The first-order valence-corrected chi connectivity index (χ1v) is 8.14. The highest BCUT2D eigenvalue weighted by atomic mass is 16.2. The molecule has 0 radical (unpaired) electrons. The summed E-state index contributed by atoms with van der Waals surface area (Å²) < 4.78 is 0. The third kappa shape index (κ3) is 2.98. The molecule has 0 aliphatic carbocycles. The standard InChI is InChI=1S/C17H23N3O2/c1-2-3-6-16(21)19-10-14-11-20(17(22)15(14)12-19)9-13-5-4-7-18-8-13/h4-5,7-8,14-15H,2-3,6,9-12H2,1H3/t14-,15-/m0/s1. The third-order valence-corrected chi connectivity index (χ3v) is 4.72. The van der Waals surface area contributed by atoms with Crippen LogP contribution in [0, 0.1) is 11.8 Å². The Morgan fingerprint density at radius 3 is 2.91 bits per heavy atom. The second kappa shape index (κ2) is 6.46. The minimum absolute atomic E-state index is 0.00208. The average molecular weight is 301 g/mol. The molecule has 118 valence electrons. The number of fused-ring (bicyclic) bond motifs is 1. The Balaban J connectivity index is 1.57. The lowest BCUT2D eigenvalue weighted by Crippen LogP contribution is -2.35. The van der Waals surface area contributed by atoms with Gasteiger partial charge in [0.2, 0.25) is 11.8 Å². The number of nitrogens with zero attached hydrogens (tertiary/aromatic N) is 3. The number of aromatic nitrogens is 1. The number of hydrogen-bond acceptors (Lipinski definition) is 3. The fourth-order valence-corrected chi connectivity index (χ4v) is 3.49. The van der Waals surface area contributed by atoms with Gasteiger partial charge in [-0.15, -0.1) is 0 Å². The van der Waals surface area contributed by atoms with E-state index in [-0.39, 0.29) is 17.7 Å². The molecule has 0 saturated carbocycles. The van der Waals surface area contributed by atoms with Crippen molar-refractivity contribution in [2.45, 2.75) is 32.7 Å². The molecule has 3 heterocycles. The van der Waals surface area contributed by atoms with Crippen LogP contribution in [-0.2, 0) is 16.1 Å². The molecular formula is C17H23N3O2. The van der Waals surface area contributed by atoms with E-state index in [2.05, 4.69) is 11.9 Å². The Kier molecular flexibility index (Phi) is 4.41. The molecule has 1 aromatic heterocycles. The van der Waals surface area contributed by atoms with Crippen molar-refractivity contribution in [2.24, 2.45) is 11.8 Å². The first kappa shape index (κ1) is 15.0. The molecule has 5 heteroatoms. The molecule has 5 nitrogen and oxygen atoms in total. The summed E-state index contributed by atoms with van der Waals surface area (Å²) in [5, 5.41) is 0. The van der Waals surface area contributed by atoms with E-state index < -0.39 is 0 Å². The molecule has 2 fully saturated rings. The topological polar surface area (TPSA) is 53.5 Å². The number of hydrogen-bond donors (Lipinski definition) is 0. The average Bonchev–Trinajstić information content (AvgIpc) is 3.07. The number of likely N-dealkylation sites (tertiary alicyclic amines) is 2. The Labute approximate surface area is 131 Å². The summed E-state index contributed by atoms with van der Waals surface area (Å²) in [5.74, 6) is 0.708. The lowest BCUT2D eigenvalue weighted by Gasteiger charge is -2.22. The van der Waals surface area contributed by atoms with Gasteiger partial charge in [0.25, 0.3) is 0 Å². The maximum absolute atomic E-state index is 12.5. The number of carbonyl (C=O) groups is 2. The first-order chi connectivity index (χ1) is 10.7. The summed E-state index contributed by atoms with van der Waals surface area (Å²) in [6, 6.07) is 3.89. The second-order valence-electron chi connectivity index (χ2n) is 6.35. The van der Waals surface area contributed by atoms with Gasteiger partial charge in [0.1, 0.15) is 0 Å². The SMILES string of the molecule is CCCCC(=O)N1C[C@H]2CN(Cc3cccnc3)C(=O)[C@H]2C1. The summed E-state index contributed by atoms with van der Waals surface area (Å²) in [6.07, 6.45) is 6.13. The molecule has 2 aliphatic rings. The molecule has 0 aromatic carbocycles. The van der Waals surface area contributed by atoms with Gasteiger partial charge >= 0.3 is 0 Å². The zero-order valence-corrected chi connectivity index (χ0v) is 13.1. The molecular weight excluding hydrogens is 278 g/mol. The van der Waals surface area contributed by atoms with E-state index in [1.54, 1.807) is 6.20 Å². The summed E-state index contributed by atoms with van der Waals surface area (Å²) in [6.45, 7) is 4.82. The van der Waals surface area contributed by atoms with E-state index in [0.29, 0.717) is 25.4 Å². The van der Waals surface area contributed by atoms with Gasteiger partial charge in [-0.3, -0.25) is 14.6 Å². The van der Waals surface area contributed by atoms with Crippen molar-refractivity contribution >= 4 is 11.8 Å². The van der Waals surface area contributed by atoms with Crippen molar-refractivity contribution in [3.8, 4) is 0 Å². The van der Waals surface area contributed by atoms with Gasteiger partial charge in [0.05, 0.1) is 5.92 Å². The molecule has 0 spiro atoms. The Hall–Kier alpha value is -1.91. The predicted molar refractivity (Wildman–Crippen MR) is 82.7 cm³/mol. The molecule has 0 unspecified atom stereocenters. The smallest absolute Gasteiger partial charge is 0.228 e. The van der Waals surface area contributed by atoms with Crippen molar-refractivity contribution in [1.82, 2.24) is 14.8 Å². The second-order valence-corrected chi connectivity index (χ2v) is 6.35. The van der Waals surface area contributed by atoms with Crippen molar-refractivity contribution in [3.63, 3.8) is 0 Å². The molecule has 22 heavy (non-hydrogen) atoms. The molecule has 1 aromatic rings. The van der Waals surface area contributed by atoms with Crippen molar-refractivity contribution in [3.05, 3.63) is 30.1 Å². The van der Waals surface area contributed by atoms with Gasteiger partial charge in [0, 0.05) is 50.9 Å². The molecule has 2 saturated heterocycles. The van der Waals surface area contributed by atoms with Crippen LogP contribution >= 0.6 is 0 Å². The molecule has 0 bridgehead atoms. The quantitative estimate of drug-likeness (QED) is 0.831. The van der Waals surface area contributed by atoms with Crippen LogP contribution in [0.2, 0.25) is 0 Å². The van der Waals surface area contributed by atoms with Crippen LogP contribution < -0.4 is 0 Å². The fraction of sp³-hybridized carbons (Fsp3) is 0.588. The van der Waals surface area contributed by atoms with Crippen LogP contribution in [0.3, 0.4) is 0 Å². The highest BCUT2D eigenvalue weighted by Gasteiger charge is 2.46. The predicted octanol–water partition coefficient (Wildman–Crippen LogP) is 1.69. The van der Waals surface area contributed by atoms with Crippen LogP contribution in [-0.4, -0.2) is 46.2 Å². The van der Waals surface area contributed by atoms with E-state index in [1.807, 2.05) is 28.1 Å². The lowest BCUT2D eigenvalue weighted by molar-refractivity contribution is -0.133. The summed E-state index contributed by atoms with van der Waals surface area (Å²) in [4.78, 5) is 32.6. The highest BCUT2D eigenvalue weighted by molar-refractivity contribution is 5.84. The zero-order valence-electron chi connectivity index (χ0n) is 13.1. The zero-order chi connectivity index (χ0) is 15.5. The largest absolute Gasteiger partial charge is 0.342 e. The van der Waals surface area contributed by atoms with Crippen LogP contribution in [0.1, 0.15) is 31.7 Å². The third-order valence-electron chi connectivity index (χ3n) is 4.72. The molecule has 3 rings (SSSR count). The van der Waals surface area contributed by atoms with Gasteiger partial charge in [-0.2, -0.15) is 0 Å². The number of unbranched alkanes of at least 4 members (excludes halogenated alkanes) is 1. The van der Waals surface area contributed by atoms with Crippen LogP contribution in [0.4, 0.5) is 0 Å². The van der Waals surface area contributed by atoms with Crippen LogP contribution in [0.5, 0.6) is 0 Å². The minimum atomic E-state index is 0.00208. The maximum Gasteiger partial charge on any atom is 0.228 e. The van der Waals surface area contributed by atoms with Crippen molar-refractivity contribution < 1.29 is 9.59 Å². The normalized spacial score (nSPS) is 24.0. The van der Waals surface area contributed by atoms with E-state index in [4.69, 9.17) is 0 Å². The number of carbonyl (C=O) groups excluding carboxylic acids is 2. The maximum atomic E-state index is 12.5. The minimum Gasteiger partial charge on any atom is -0.342 e. The number of amides is 2. The van der Waals surface area contributed by atoms with Crippen LogP contribution in [0.25, 0.3) is 0 Å². The Bertz CT molecular complexity index is 546. The van der Waals surface area contributed by atoms with E-state index in [0.717, 1.165) is 31.5 Å². The van der Waals surface area contributed by atoms with E-state index >= 15 is 0 Å². The van der Waals surface area contributed by atoms with E-state index in [1.165, 1.54) is 0 Å². The summed E-state index contributed by atoms with van der Waals surface area (Å²) in [7, 11) is 0. The Morgan fingerprint density at radius 2 is 2.23 bits per heavy atom. The number of rotatable bonds is 5. The fourth-order valence-electron chi connectivity index (χ4n) is 3.49. The molecule has 2 aliphatic heterocycles. The molecule has 2 amide bonds. The lowest BCUT2D eigenvalue weighted by atomic mass is 10.0. The molecule has 0 N–H and O–H groups in total. The van der Waals surface area contributed by atoms with Gasteiger partial charge in [0.15, 0.2) is 0 Å². The van der Waals surface area contributed by atoms with Gasteiger partial charge < -0.3 is 9.80 Å². The first-order valence-electron chi connectivity index (χ1n) is 8.14. The van der Waals surface area contributed by atoms with Gasteiger partial charge in [-0.1, -0.05) is 19.4 Å². The summed E-state index contributed by atoms with van der Waals surface area (Å²) >= 11 is 0. The summed E-state index contributed by atoms with van der Waals surface area (Å²) in [5.41, 5.74) is 1.06. The molecule has 2 atom stereocenters. The van der Waals surface area contributed by atoms with Crippen LogP contribution in [0.15, 0.2) is 24.5 Å². The van der Waals surface area contributed by atoms with Crippen molar-refractivity contribution in [1.29, 1.82) is 0 Å². The van der Waals surface area contributed by atoms with E-state index in [9.17, 15) is 9.59 Å². The monoisotopic (exact) mass is 301 g/mol. The van der Waals surface area contributed by atoms with Crippen molar-refractivity contribution in [2.75, 3.05) is 19.6 Å². The number of pyridine rings is 1.